The van der Waals surface area contributed by atoms with Crippen molar-refractivity contribution in [1.82, 2.24) is 29.6 Å². The van der Waals surface area contributed by atoms with Gasteiger partial charge in [-0.25, -0.2) is 9.97 Å². The molecule has 9 nitrogen and oxygen atoms in total. The lowest BCUT2D eigenvalue weighted by Gasteiger charge is -2.14. The van der Waals surface area contributed by atoms with Gasteiger partial charge in [-0.1, -0.05) is 31.5 Å². The summed E-state index contributed by atoms with van der Waals surface area (Å²) in [6, 6.07) is 13.0. The second-order valence-electron chi connectivity index (χ2n) is 8.41. The summed E-state index contributed by atoms with van der Waals surface area (Å²) >= 11 is 5.92. The monoisotopic (exact) mass is 515 g/mol. The summed E-state index contributed by atoms with van der Waals surface area (Å²) in [6.07, 6.45) is -2.71. The molecule has 2 heterocycles. The first-order valence-corrected chi connectivity index (χ1v) is 10.9. The molecular formula is C23H19ClF3N8O+. The summed E-state index contributed by atoms with van der Waals surface area (Å²) in [5.74, 6) is 0.384. The maximum atomic E-state index is 12.8. The van der Waals surface area contributed by atoms with E-state index in [4.69, 9.17) is 11.6 Å². The number of H-pyrrole nitrogens is 1. The van der Waals surface area contributed by atoms with Crippen LogP contribution in [0.25, 0.3) is 17.1 Å². The second-order valence-corrected chi connectivity index (χ2v) is 8.84. The van der Waals surface area contributed by atoms with Crippen LogP contribution in [0.4, 0.5) is 13.2 Å². The molecule has 2 aromatic heterocycles. The van der Waals surface area contributed by atoms with Crippen LogP contribution in [0, 0.1) is 0 Å². The number of imidazole rings is 1. The number of nitrogens with one attached hydrogen (secondary N) is 1. The quantitative estimate of drug-likeness (QED) is 0.272. The largest absolute Gasteiger partial charge is 0.434 e. The van der Waals surface area contributed by atoms with E-state index in [0.29, 0.717) is 22.4 Å². The van der Waals surface area contributed by atoms with Gasteiger partial charge in [-0.15, -0.1) is 0 Å². The Morgan fingerprint density at radius 1 is 1.17 bits per heavy atom. The van der Waals surface area contributed by atoms with Crippen molar-refractivity contribution in [3.63, 3.8) is 0 Å². The first-order chi connectivity index (χ1) is 17.0. The third-order valence-electron chi connectivity index (χ3n) is 5.16. The Labute approximate surface area is 207 Å². The minimum absolute atomic E-state index is 0.135. The van der Waals surface area contributed by atoms with E-state index in [-0.39, 0.29) is 12.1 Å². The Kier molecular flexibility index (Phi) is 6.82. The third-order valence-corrected chi connectivity index (χ3v) is 5.41. The molecule has 0 aliphatic rings. The Hall–Kier alpha value is -4.15. The number of carbonyl (C=O) groups excluding carboxylic acids is 1. The summed E-state index contributed by atoms with van der Waals surface area (Å²) < 4.78 is 39.6. The van der Waals surface area contributed by atoms with E-state index in [1.807, 2.05) is 26.0 Å². The maximum absolute atomic E-state index is 12.8. The molecule has 36 heavy (non-hydrogen) atoms. The number of benzene rings is 2. The fourth-order valence-corrected chi connectivity index (χ4v) is 3.24. The molecule has 0 atom stereocenters. The van der Waals surface area contributed by atoms with Gasteiger partial charge in [0.2, 0.25) is 10.0 Å². The van der Waals surface area contributed by atoms with E-state index >= 15 is 0 Å². The zero-order valence-corrected chi connectivity index (χ0v) is 19.8. The molecule has 184 valence electrons. The van der Waals surface area contributed by atoms with Gasteiger partial charge in [-0.2, -0.15) is 18.3 Å². The molecule has 1 amide bonds. The third kappa shape index (κ3) is 5.73. The van der Waals surface area contributed by atoms with Gasteiger partial charge in [0.25, 0.3) is 0 Å². The van der Waals surface area contributed by atoms with Crippen LogP contribution in [0.15, 0.2) is 71.3 Å². The molecule has 13 heteroatoms. The fourth-order valence-electron chi connectivity index (χ4n) is 3.12. The molecule has 0 aliphatic heterocycles. The molecule has 0 radical (unpaired) electrons. The molecule has 0 fully saturated rings. The minimum Gasteiger partial charge on any atom is -0.306 e. The highest BCUT2D eigenvalue weighted by Crippen LogP contribution is 2.28. The number of aromatic amines is 1. The van der Waals surface area contributed by atoms with Crippen molar-refractivity contribution in [2.75, 3.05) is 6.54 Å². The lowest BCUT2D eigenvalue weighted by atomic mass is 9.93. The van der Waals surface area contributed by atoms with Gasteiger partial charge in [-0.05, 0) is 42.5 Å². The van der Waals surface area contributed by atoms with E-state index < -0.39 is 23.2 Å². The van der Waals surface area contributed by atoms with E-state index in [9.17, 15) is 18.0 Å². The van der Waals surface area contributed by atoms with Crippen LogP contribution >= 0.6 is 11.6 Å². The minimum atomic E-state index is -4.56. The van der Waals surface area contributed by atoms with Crippen molar-refractivity contribution in [3.8, 4) is 17.1 Å². The van der Waals surface area contributed by atoms with Crippen LogP contribution < -0.4 is 4.91 Å². The van der Waals surface area contributed by atoms with Crippen molar-refractivity contribution in [3.05, 3.63) is 83.2 Å². The number of amides is 1. The summed E-state index contributed by atoms with van der Waals surface area (Å²) in [7, 11) is 0. The van der Waals surface area contributed by atoms with Crippen LogP contribution in [-0.4, -0.2) is 37.2 Å². The Morgan fingerprint density at radius 3 is 2.61 bits per heavy atom. The van der Waals surface area contributed by atoms with Crippen molar-refractivity contribution in [1.29, 1.82) is 0 Å². The van der Waals surface area contributed by atoms with Crippen LogP contribution in [0.2, 0.25) is 5.02 Å². The molecule has 0 saturated carbocycles. The van der Waals surface area contributed by atoms with E-state index in [0.717, 1.165) is 18.1 Å². The Balaban J connectivity index is 1.43. The lowest BCUT2D eigenvalue weighted by Crippen LogP contribution is -2.23. The highest BCUT2D eigenvalue weighted by molar-refractivity contribution is 6.30. The van der Waals surface area contributed by atoms with Gasteiger partial charge >= 0.3 is 12.1 Å². The second kappa shape index (κ2) is 9.84. The number of carbonyl (C=O) groups is 1. The number of hydrogen-bond acceptors (Lipinski definition) is 5. The topological polar surface area (TPSA) is 115 Å². The van der Waals surface area contributed by atoms with Crippen molar-refractivity contribution in [2.24, 2.45) is 10.2 Å². The summed E-state index contributed by atoms with van der Waals surface area (Å²) in [5, 5.41) is 15.3. The van der Waals surface area contributed by atoms with Gasteiger partial charge < -0.3 is 4.57 Å². The number of aromatic nitrogens is 5. The number of alkyl halides is 3. The average Bonchev–Trinajstić information content (AvgIpc) is 3.53. The zero-order chi connectivity index (χ0) is 25.9. The predicted octanol–water partition coefficient (Wildman–Crippen LogP) is 5.42. The predicted molar refractivity (Wildman–Crippen MR) is 125 cm³/mol. The van der Waals surface area contributed by atoms with Crippen LogP contribution in [-0.2, 0) is 11.6 Å². The number of nitrogens with zero attached hydrogens (tertiary/aromatic N) is 7. The molecular weight excluding hydrogens is 497 g/mol. The van der Waals surface area contributed by atoms with E-state index in [2.05, 4.69) is 35.3 Å². The van der Waals surface area contributed by atoms with Gasteiger partial charge in [-0.3, -0.25) is 9.89 Å². The van der Waals surface area contributed by atoms with Crippen molar-refractivity contribution < 1.29 is 18.0 Å². The molecule has 0 spiro atoms. The lowest BCUT2D eigenvalue weighted by molar-refractivity contribution is -0.140. The molecule has 0 bridgehead atoms. The first-order valence-electron chi connectivity index (χ1n) is 10.6. The highest BCUT2D eigenvalue weighted by Gasteiger charge is 2.33. The van der Waals surface area contributed by atoms with E-state index in [1.165, 1.54) is 22.8 Å². The number of halogens is 4. The molecule has 0 unspecified atom stereocenters. The molecule has 4 rings (SSSR count). The van der Waals surface area contributed by atoms with Crippen LogP contribution in [0.3, 0.4) is 0 Å². The van der Waals surface area contributed by atoms with Crippen LogP contribution in [0.1, 0.15) is 35.7 Å². The maximum Gasteiger partial charge on any atom is 0.434 e. The molecule has 0 saturated heterocycles. The van der Waals surface area contributed by atoms with Crippen LogP contribution in [0.5, 0.6) is 0 Å². The van der Waals surface area contributed by atoms with Gasteiger partial charge in [0, 0.05) is 22.5 Å². The molecule has 0 aliphatic carbocycles. The number of hydrogen-bond donors (Lipinski definition) is 1. The van der Waals surface area contributed by atoms with Crippen molar-refractivity contribution in [2.45, 2.75) is 25.4 Å². The normalized spacial score (nSPS) is 11.7. The molecule has 2 aromatic carbocycles. The first kappa shape index (κ1) is 25.0. The van der Waals surface area contributed by atoms with E-state index in [1.54, 1.807) is 18.2 Å². The summed E-state index contributed by atoms with van der Waals surface area (Å²) in [5.41, 5.74) is -0.369. The SMILES string of the molecule is CC(C)(CN=[N+]=NC(=O)c1cccc(-n2cnc(C(F)(F)F)c2)c1)c1nc(-c2ccc(Cl)cc2)n[nH]1. The van der Waals surface area contributed by atoms with Gasteiger partial charge in [0.1, 0.15) is 17.5 Å². The fraction of sp³-hybridized carbons (Fsp3) is 0.217. The summed E-state index contributed by atoms with van der Waals surface area (Å²) in [4.78, 5) is 23.9. The highest BCUT2D eigenvalue weighted by atomic mass is 35.5. The summed E-state index contributed by atoms with van der Waals surface area (Å²) in [6.45, 7) is 3.92. The van der Waals surface area contributed by atoms with Gasteiger partial charge in [0.15, 0.2) is 11.5 Å². The Bertz CT molecular complexity index is 1450. The smallest absolute Gasteiger partial charge is 0.306 e. The number of rotatable bonds is 6. The van der Waals surface area contributed by atoms with Gasteiger partial charge in [0.05, 0.1) is 17.3 Å². The standard InChI is InChI=1S/C23H18ClF3N8O/c1-22(2,21-30-19(31-33-21)14-6-8-16(24)9-7-14)12-29-34-32-20(36)15-4-3-5-17(10-15)35-11-18(28-13-35)23(25,26)27/h3-11,13H,12H2,1-2H3/p+1. The van der Waals surface area contributed by atoms with Crippen molar-refractivity contribution >= 4 is 17.5 Å². The molecule has 4 aromatic rings. The average molecular weight is 516 g/mol. The Morgan fingerprint density at radius 2 is 1.92 bits per heavy atom. The molecule has 1 N–H and O–H groups in total. The zero-order valence-electron chi connectivity index (χ0n) is 19.0.